The molecule has 0 amide bonds. The van der Waals surface area contributed by atoms with E-state index in [4.69, 9.17) is 22.3 Å². The molecule has 8 heteroatoms. The molecule has 0 bridgehead atoms. The second-order valence-corrected chi connectivity index (χ2v) is 1.22. The number of rotatable bonds is 0. The largest absolute Gasteiger partial charge is 1.00 e. The van der Waals surface area contributed by atoms with E-state index in [1.807, 2.05) is 6.79 Å². The van der Waals surface area contributed by atoms with Crippen molar-refractivity contribution in [2.24, 2.45) is 0 Å². The average Bonchev–Trinajstić information content (AvgIpc) is 1.36. The SMILES string of the molecule is C=O.O=S(=O)([O-])[O-].[Cu+].[Cu+]. The maximum absolute atomic E-state index is 8.52. The average molecular weight is 253 g/mol. The third-order valence-electron chi connectivity index (χ3n) is 0. The summed E-state index contributed by atoms with van der Waals surface area (Å²) >= 11 is 0. The van der Waals surface area contributed by atoms with E-state index < -0.39 is 10.4 Å². The van der Waals surface area contributed by atoms with E-state index in [0.717, 1.165) is 0 Å². The minimum absolute atomic E-state index is 0. The molecule has 0 atom stereocenters. The summed E-state index contributed by atoms with van der Waals surface area (Å²) in [5, 5.41) is 0. The van der Waals surface area contributed by atoms with Crippen molar-refractivity contribution in [3.63, 3.8) is 0 Å². The van der Waals surface area contributed by atoms with Crippen LogP contribution in [0.2, 0.25) is 0 Å². The van der Waals surface area contributed by atoms with Crippen molar-refractivity contribution in [2.75, 3.05) is 0 Å². The Morgan fingerprint density at radius 2 is 1.00 bits per heavy atom. The molecule has 0 aliphatic carbocycles. The molecule has 0 radical (unpaired) electrons. The van der Waals surface area contributed by atoms with E-state index in [2.05, 4.69) is 0 Å². The van der Waals surface area contributed by atoms with Crippen molar-refractivity contribution < 1.29 is 56.5 Å². The number of carbonyl (C=O) groups excluding carboxylic acids is 1. The van der Waals surface area contributed by atoms with Crippen LogP contribution in [-0.2, 0) is 49.3 Å². The van der Waals surface area contributed by atoms with Crippen molar-refractivity contribution in [3.05, 3.63) is 0 Å². The summed E-state index contributed by atoms with van der Waals surface area (Å²) in [5.41, 5.74) is 0. The van der Waals surface area contributed by atoms with Crippen LogP contribution in [-0.4, -0.2) is 24.3 Å². The molecule has 5 nitrogen and oxygen atoms in total. The summed E-state index contributed by atoms with van der Waals surface area (Å²) in [6, 6.07) is 0. The fraction of sp³-hybridized carbons (Fsp3) is 0. The van der Waals surface area contributed by atoms with Crippen LogP contribution in [0.3, 0.4) is 0 Å². The summed E-state index contributed by atoms with van der Waals surface area (Å²) in [6.45, 7) is 2.00. The van der Waals surface area contributed by atoms with Gasteiger partial charge in [0, 0.05) is 10.4 Å². The first-order valence-corrected chi connectivity index (χ1v) is 2.29. The van der Waals surface area contributed by atoms with Crippen LogP contribution in [0.4, 0.5) is 0 Å². The molecule has 0 heterocycles. The van der Waals surface area contributed by atoms with Gasteiger partial charge in [0.15, 0.2) is 0 Å². The summed E-state index contributed by atoms with van der Waals surface area (Å²) in [5.74, 6) is 0. The topological polar surface area (TPSA) is 97.3 Å². The van der Waals surface area contributed by atoms with Crippen LogP contribution in [0.1, 0.15) is 0 Å². The Bertz CT molecular complexity index is 109. The van der Waals surface area contributed by atoms with Gasteiger partial charge in [0.25, 0.3) is 0 Å². The molecule has 0 unspecified atom stereocenters. The van der Waals surface area contributed by atoms with Crippen LogP contribution in [0, 0.1) is 0 Å². The van der Waals surface area contributed by atoms with Gasteiger partial charge < -0.3 is 13.9 Å². The van der Waals surface area contributed by atoms with Crippen LogP contribution >= 0.6 is 0 Å². The van der Waals surface area contributed by atoms with E-state index in [0.29, 0.717) is 0 Å². The number of hydrogen-bond acceptors (Lipinski definition) is 5. The van der Waals surface area contributed by atoms with Crippen molar-refractivity contribution in [1.29, 1.82) is 0 Å². The Kier molecular flexibility index (Phi) is 28.7. The third-order valence-corrected chi connectivity index (χ3v) is 0. The van der Waals surface area contributed by atoms with Gasteiger partial charge in [-0.15, -0.1) is 0 Å². The number of hydrogen-bond donors (Lipinski definition) is 0. The maximum atomic E-state index is 8.52. The molecular formula is CH2Cu2O5S. The smallest absolute Gasteiger partial charge is 0.759 e. The van der Waals surface area contributed by atoms with Gasteiger partial charge in [0.2, 0.25) is 0 Å². The predicted octanol–water partition coefficient (Wildman–Crippen LogP) is -1.53. The van der Waals surface area contributed by atoms with Gasteiger partial charge in [-0.1, -0.05) is 0 Å². The molecule has 0 aromatic carbocycles. The molecule has 0 aliphatic rings. The van der Waals surface area contributed by atoms with Gasteiger partial charge >= 0.3 is 34.1 Å². The summed E-state index contributed by atoms with van der Waals surface area (Å²) in [7, 11) is -5.17. The van der Waals surface area contributed by atoms with E-state index in [1.165, 1.54) is 0 Å². The monoisotopic (exact) mass is 252 g/mol. The van der Waals surface area contributed by atoms with Crippen LogP contribution in [0.15, 0.2) is 0 Å². The number of carbonyl (C=O) groups is 1. The standard InChI is InChI=1S/CH2O.2Cu.H2O4S/c1-2;;;1-5(2,3)4/h1H2;;;(H2,1,2,3,4)/q;2*+1;/p-2. The first kappa shape index (κ1) is 22.7. The summed E-state index contributed by atoms with van der Waals surface area (Å²) in [4.78, 5) is 8.00. The van der Waals surface area contributed by atoms with Gasteiger partial charge in [-0.3, -0.25) is 8.42 Å². The Morgan fingerprint density at radius 1 is 1.00 bits per heavy atom. The van der Waals surface area contributed by atoms with Crippen LogP contribution < -0.4 is 0 Å². The van der Waals surface area contributed by atoms with Gasteiger partial charge in [0.05, 0.1) is 0 Å². The predicted molar refractivity (Wildman–Crippen MR) is 17.6 cm³/mol. The maximum Gasteiger partial charge on any atom is 1.00 e. The molecule has 0 rings (SSSR count). The van der Waals surface area contributed by atoms with Gasteiger partial charge in [-0.2, -0.15) is 0 Å². The molecule has 0 aromatic heterocycles. The second kappa shape index (κ2) is 11.4. The zero-order valence-electron chi connectivity index (χ0n) is 3.76. The Balaban J connectivity index is -0.0000000286. The van der Waals surface area contributed by atoms with Gasteiger partial charge in [-0.25, -0.2) is 0 Å². The van der Waals surface area contributed by atoms with Gasteiger partial charge in [0.1, 0.15) is 6.79 Å². The molecule has 0 N–H and O–H groups in total. The van der Waals surface area contributed by atoms with Crippen molar-refractivity contribution in [2.45, 2.75) is 0 Å². The Hall–Kier alpha value is 0.579. The van der Waals surface area contributed by atoms with E-state index in [9.17, 15) is 0 Å². The zero-order chi connectivity index (χ0) is 6.50. The molecule has 0 spiro atoms. The Morgan fingerprint density at radius 3 is 1.00 bits per heavy atom. The molecule has 0 saturated carbocycles. The van der Waals surface area contributed by atoms with Crippen molar-refractivity contribution in [1.82, 2.24) is 0 Å². The van der Waals surface area contributed by atoms with Crippen molar-refractivity contribution in [3.8, 4) is 0 Å². The summed E-state index contributed by atoms with van der Waals surface area (Å²) in [6.07, 6.45) is 0. The zero-order valence-corrected chi connectivity index (χ0v) is 6.46. The quantitative estimate of drug-likeness (QED) is 0.296. The normalized spacial score (nSPS) is 6.89. The fourth-order valence-corrected chi connectivity index (χ4v) is 0. The molecular weight excluding hydrogens is 251 g/mol. The molecule has 0 fully saturated rings. The first-order valence-electron chi connectivity index (χ1n) is 0.955. The Labute approximate surface area is 73.7 Å². The first-order chi connectivity index (χ1) is 3.00. The minimum Gasteiger partial charge on any atom is -0.759 e. The molecule has 64 valence electrons. The molecule has 0 aliphatic heterocycles. The van der Waals surface area contributed by atoms with Crippen LogP contribution in [0.5, 0.6) is 0 Å². The minimum atomic E-state index is -5.17. The van der Waals surface area contributed by atoms with Crippen LogP contribution in [0.25, 0.3) is 0 Å². The summed E-state index contributed by atoms with van der Waals surface area (Å²) < 4.78 is 34.1. The molecule has 9 heavy (non-hydrogen) atoms. The van der Waals surface area contributed by atoms with Crippen molar-refractivity contribution >= 4 is 17.2 Å². The third kappa shape index (κ3) is 1110. The molecule has 0 saturated heterocycles. The van der Waals surface area contributed by atoms with Gasteiger partial charge in [-0.05, 0) is 0 Å². The van der Waals surface area contributed by atoms with E-state index in [1.54, 1.807) is 0 Å². The van der Waals surface area contributed by atoms with E-state index >= 15 is 0 Å². The second-order valence-electron chi connectivity index (χ2n) is 0.408. The van der Waals surface area contributed by atoms with E-state index in [-0.39, 0.29) is 34.1 Å². The fourth-order valence-electron chi connectivity index (χ4n) is 0. The molecule has 0 aromatic rings.